The second-order valence-corrected chi connectivity index (χ2v) is 3.56. The summed E-state index contributed by atoms with van der Waals surface area (Å²) in [6.07, 6.45) is 3.47. The minimum absolute atomic E-state index is 0. The Bertz CT molecular complexity index is 202. The zero-order chi connectivity index (χ0) is 10.8. The summed E-state index contributed by atoms with van der Waals surface area (Å²) in [5.41, 5.74) is 1.38. The summed E-state index contributed by atoms with van der Waals surface area (Å²) in [6.45, 7) is 10.3. The Morgan fingerprint density at radius 2 is 1.80 bits per heavy atom. The maximum absolute atomic E-state index is 3.76. The topological polar surface area (TPSA) is 0 Å². The zero-order valence-electron chi connectivity index (χ0n) is 10.3. The molecule has 0 amide bonds. The van der Waals surface area contributed by atoms with E-state index in [1.807, 2.05) is 12.1 Å². The first-order valence-corrected chi connectivity index (χ1v) is 5.48. The van der Waals surface area contributed by atoms with Crippen LogP contribution in [0.4, 0.5) is 0 Å². The molecule has 1 unspecified atom stereocenters. The molecule has 0 aliphatic rings. The predicted octanol–water partition coefficient (Wildman–Crippen LogP) is 4.30. The molecule has 1 heteroatoms. The molecule has 0 N–H and O–H groups in total. The molecule has 0 fully saturated rings. The van der Waals surface area contributed by atoms with Crippen LogP contribution in [0.2, 0.25) is 0 Å². The standard InChI is InChI=1S/C8H9.C6H13.Y/c1-2-8-6-4-3-5-7-8;1-4-6(3)5-2;/h4-7H,2H2,1H3;6H,1,4-5H2,2-3H3;/q2*-1;. The Hall–Kier alpha value is 0.324. The minimum atomic E-state index is 0. The Labute approximate surface area is 121 Å². The fraction of sp³-hybridized carbons (Fsp3) is 0.500. The smallest absolute Gasteiger partial charge is 0 e. The summed E-state index contributed by atoms with van der Waals surface area (Å²) in [6, 6.07) is 11.0. The van der Waals surface area contributed by atoms with Crippen LogP contribution in [0.1, 0.15) is 39.2 Å². The van der Waals surface area contributed by atoms with Crippen LogP contribution in [0.5, 0.6) is 0 Å². The molecule has 1 rings (SSSR count). The zero-order valence-corrected chi connectivity index (χ0v) is 13.1. The fourth-order valence-corrected chi connectivity index (χ4v) is 0.861. The quantitative estimate of drug-likeness (QED) is 0.723. The molecule has 0 nitrogen and oxygen atoms in total. The SMILES string of the molecule is CCc1cc[c-]cc1.[CH2-]CC(C)CC.[Y]. The van der Waals surface area contributed by atoms with Gasteiger partial charge in [-0.05, 0) is 0 Å². The van der Waals surface area contributed by atoms with E-state index in [1.54, 1.807) is 0 Å². The van der Waals surface area contributed by atoms with Gasteiger partial charge in [0, 0.05) is 32.7 Å². The molecular formula is C14H22Y-2. The van der Waals surface area contributed by atoms with Gasteiger partial charge in [-0.3, -0.25) is 0 Å². The van der Waals surface area contributed by atoms with E-state index in [1.165, 1.54) is 12.0 Å². The Balaban J connectivity index is 0. The second-order valence-electron chi connectivity index (χ2n) is 3.56. The van der Waals surface area contributed by atoms with Crippen molar-refractivity contribution >= 4 is 0 Å². The van der Waals surface area contributed by atoms with Gasteiger partial charge in [-0.2, -0.15) is 42.3 Å². The van der Waals surface area contributed by atoms with Gasteiger partial charge in [-0.1, -0.05) is 39.5 Å². The molecule has 0 spiro atoms. The monoisotopic (exact) mass is 279 g/mol. The van der Waals surface area contributed by atoms with Crippen molar-refractivity contribution in [2.24, 2.45) is 5.92 Å². The van der Waals surface area contributed by atoms with Gasteiger partial charge in [0.15, 0.2) is 0 Å². The summed E-state index contributed by atoms with van der Waals surface area (Å²) < 4.78 is 0. The van der Waals surface area contributed by atoms with Crippen LogP contribution in [0.15, 0.2) is 24.3 Å². The average molecular weight is 279 g/mol. The molecule has 0 aromatic heterocycles. The number of hydrogen-bond donors (Lipinski definition) is 0. The van der Waals surface area contributed by atoms with Crippen LogP contribution in [-0.4, -0.2) is 0 Å². The van der Waals surface area contributed by atoms with E-state index in [0.29, 0.717) is 0 Å². The average Bonchev–Trinajstić information content (AvgIpc) is 2.30. The van der Waals surface area contributed by atoms with Gasteiger partial charge < -0.3 is 6.92 Å². The van der Waals surface area contributed by atoms with E-state index in [9.17, 15) is 0 Å². The van der Waals surface area contributed by atoms with Crippen LogP contribution in [-0.2, 0) is 39.1 Å². The molecule has 1 aromatic rings. The Morgan fingerprint density at radius 3 is 2.00 bits per heavy atom. The number of rotatable bonds is 3. The third-order valence-corrected chi connectivity index (χ3v) is 2.39. The van der Waals surface area contributed by atoms with Crippen molar-refractivity contribution in [3.8, 4) is 0 Å². The molecule has 0 aliphatic heterocycles. The fourth-order valence-electron chi connectivity index (χ4n) is 0.861. The van der Waals surface area contributed by atoms with Crippen LogP contribution < -0.4 is 0 Å². The summed E-state index contributed by atoms with van der Waals surface area (Å²) in [4.78, 5) is 0. The maximum atomic E-state index is 3.76. The molecule has 15 heavy (non-hydrogen) atoms. The Kier molecular flexibility index (Phi) is 14.6. The molecule has 83 valence electrons. The van der Waals surface area contributed by atoms with E-state index < -0.39 is 0 Å². The molecular weight excluding hydrogens is 257 g/mol. The second kappa shape index (κ2) is 12.4. The van der Waals surface area contributed by atoms with Crippen LogP contribution in [0.25, 0.3) is 0 Å². The van der Waals surface area contributed by atoms with Gasteiger partial charge in [0.25, 0.3) is 0 Å². The number of benzene rings is 1. The summed E-state index contributed by atoms with van der Waals surface area (Å²) in [5.74, 6) is 0.824. The number of aryl methyl sites for hydroxylation is 1. The molecule has 0 heterocycles. The third kappa shape index (κ3) is 10.6. The van der Waals surface area contributed by atoms with Crippen LogP contribution >= 0.6 is 0 Å². The van der Waals surface area contributed by atoms with Crippen molar-refractivity contribution in [3.05, 3.63) is 42.8 Å². The van der Waals surface area contributed by atoms with E-state index in [-0.39, 0.29) is 32.7 Å². The maximum Gasteiger partial charge on any atom is 0 e. The predicted molar refractivity (Wildman–Crippen MR) is 64.1 cm³/mol. The summed E-state index contributed by atoms with van der Waals surface area (Å²) in [5, 5.41) is 0. The van der Waals surface area contributed by atoms with Crippen molar-refractivity contribution in [3.63, 3.8) is 0 Å². The van der Waals surface area contributed by atoms with Gasteiger partial charge in [-0.25, -0.2) is 0 Å². The van der Waals surface area contributed by atoms with Gasteiger partial charge in [-0.15, -0.1) is 0 Å². The van der Waals surface area contributed by atoms with Gasteiger partial charge in [0.05, 0.1) is 0 Å². The normalized spacial score (nSPS) is 10.7. The van der Waals surface area contributed by atoms with Crippen molar-refractivity contribution in [2.45, 2.75) is 40.0 Å². The molecule has 1 aromatic carbocycles. The first-order valence-electron chi connectivity index (χ1n) is 5.48. The first kappa shape index (κ1) is 17.7. The van der Waals surface area contributed by atoms with Gasteiger partial charge in [0.2, 0.25) is 0 Å². The van der Waals surface area contributed by atoms with Gasteiger partial charge in [0.1, 0.15) is 0 Å². The summed E-state index contributed by atoms with van der Waals surface area (Å²) >= 11 is 0. The minimum Gasteiger partial charge on any atom is -0.343 e. The van der Waals surface area contributed by atoms with Crippen molar-refractivity contribution < 1.29 is 32.7 Å². The molecule has 0 saturated carbocycles. The van der Waals surface area contributed by atoms with Crippen molar-refractivity contribution in [2.75, 3.05) is 0 Å². The van der Waals surface area contributed by atoms with Crippen molar-refractivity contribution in [1.82, 2.24) is 0 Å². The molecule has 1 atom stereocenters. The van der Waals surface area contributed by atoms with Crippen LogP contribution in [0, 0.1) is 18.9 Å². The van der Waals surface area contributed by atoms with E-state index in [2.05, 4.69) is 45.9 Å². The molecule has 0 aliphatic carbocycles. The van der Waals surface area contributed by atoms with Crippen molar-refractivity contribution in [1.29, 1.82) is 0 Å². The first-order chi connectivity index (χ1) is 6.74. The van der Waals surface area contributed by atoms with Gasteiger partial charge >= 0.3 is 0 Å². The molecule has 0 bridgehead atoms. The van der Waals surface area contributed by atoms with E-state index in [0.717, 1.165) is 18.8 Å². The van der Waals surface area contributed by atoms with E-state index >= 15 is 0 Å². The van der Waals surface area contributed by atoms with Crippen LogP contribution in [0.3, 0.4) is 0 Å². The third-order valence-electron chi connectivity index (χ3n) is 2.39. The Morgan fingerprint density at radius 1 is 1.27 bits per heavy atom. The number of hydrogen-bond acceptors (Lipinski definition) is 0. The summed E-state index contributed by atoms with van der Waals surface area (Å²) in [7, 11) is 0. The van der Waals surface area contributed by atoms with E-state index in [4.69, 9.17) is 0 Å². The molecule has 0 saturated heterocycles. The largest absolute Gasteiger partial charge is 0.343 e. The molecule has 1 radical (unpaired) electrons.